The number of ether oxygens (including phenoxy) is 1. The Morgan fingerprint density at radius 2 is 1.29 bits per heavy atom. The van der Waals surface area contributed by atoms with Gasteiger partial charge in [-0.25, -0.2) is 0 Å². The summed E-state index contributed by atoms with van der Waals surface area (Å²) in [6.07, 6.45) is 0. The molecule has 0 aromatic heterocycles. The number of fused-ring (bicyclic) bond motifs is 6. The highest BCUT2D eigenvalue weighted by atomic mass is 32.2. The zero-order valence-electron chi connectivity index (χ0n) is 28.5. The SMILES string of the molecule is Cc1ccc(N(c2ccccc2)c2ccc3c4c(cccc24)Sc2cc4c(cc2-3)Oc2cccc3c2B4c2ccccc2N3c2ccccc2)cc1. The molecule has 0 spiro atoms. The van der Waals surface area contributed by atoms with E-state index in [0.29, 0.717) is 0 Å². The predicted molar refractivity (Wildman–Crippen MR) is 219 cm³/mol. The zero-order valence-corrected chi connectivity index (χ0v) is 29.3. The van der Waals surface area contributed by atoms with Crippen molar-refractivity contribution in [1.82, 2.24) is 0 Å². The first-order chi connectivity index (χ1) is 25.7. The Hall–Kier alpha value is -6.17. The molecule has 8 aromatic carbocycles. The van der Waals surface area contributed by atoms with Crippen LogP contribution in [0.1, 0.15) is 5.56 Å². The second kappa shape index (κ2) is 11.4. The zero-order chi connectivity index (χ0) is 34.3. The van der Waals surface area contributed by atoms with Crippen LogP contribution in [0.2, 0.25) is 0 Å². The highest BCUT2D eigenvalue weighted by Gasteiger charge is 2.42. The Morgan fingerprint density at radius 3 is 2.13 bits per heavy atom. The minimum absolute atomic E-state index is 0.0607. The van der Waals surface area contributed by atoms with Crippen molar-refractivity contribution in [2.45, 2.75) is 16.7 Å². The van der Waals surface area contributed by atoms with Crippen LogP contribution in [0.4, 0.5) is 34.1 Å². The molecule has 0 unspecified atom stereocenters. The molecule has 0 atom stereocenters. The van der Waals surface area contributed by atoms with Crippen LogP contribution in [-0.4, -0.2) is 6.71 Å². The van der Waals surface area contributed by atoms with E-state index in [-0.39, 0.29) is 6.71 Å². The van der Waals surface area contributed by atoms with Crippen molar-refractivity contribution in [3.63, 3.8) is 0 Å². The van der Waals surface area contributed by atoms with Gasteiger partial charge < -0.3 is 14.5 Å². The van der Waals surface area contributed by atoms with Gasteiger partial charge in [0.05, 0.1) is 5.69 Å². The molecule has 3 heterocycles. The summed E-state index contributed by atoms with van der Waals surface area (Å²) >= 11 is 1.87. The third kappa shape index (κ3) is 4.36. The van der Waals surface area contributed by atoms with Crippen molar-refractivity contribution in [3.8, 4) is 22.6 Å². The number of aryl methyl sites for hydroxylation is 1. The highest BCUT2D eigenvalue weighted by Crippen LogP contribution is 2.52. The topological polar surface area (TPSA) is 15.7 Å². The van der Waals surface area contributed by atoms with E-state index in [1.54, 1.807) is 0 Å². The Kier molecular flexibility index (Phi) is 6.49. The first-order valence-electron chi connectivity index (χ1n) is 17.8. The van der Waals surface area contributed by atoms with Gasteiger partial charge in [0.1, 0.15) is 11.5 Å². The van der Waals surface area contributed by atoms with Gasteiger partial charge in [-0.05, 0) is 113 Å². The Labute approximate surface area is 307 Å². The van der Waals surface area contributed by atoms with Gasteiger partial charge in [-0.3, -0.25) is 0 Å². The molecule has 244 valence electrons. The van der Waals surface area contributed by atoms with E-state index in [2.05, 4.69) is 187 Å². The minimum Gasteiger partial charge on any atom is -0.458 e. The van der Waals surface area contributed by atoms with Gasteiger partial charge in [-0.2, -0.15) is 0 Å². The van der Waals surface area contributed by atoms with E-state index in [9.17, 15) is 0 Å². The van der Waals surface area contributed by atoms with Crippen LogP contribution < -0.4 is 30.9 Å². The number of nitrogens with zero attached hydrogens (tertiary/aromatic N) is 2. The van der Waals surface area contributed by atoms with Crippen LogP contribution >= 0.6 is 11.8 Å². The second-order valence-electron chi connectivity index (χ2n) is 13.8. The molecule has 3 nitrogen and oxygen atoms in total. The fourth-order valence-electron chi connectivity index (χ4n) is 8.49. The van der Waals surface area contributed by atoms with E-state index in [4.69, 9.17) is 4.74 Å². The van der Waals surface area contributed by atoms with Crippen LogP contribution in [0.3, 0.4) is 0 Å². The van der Waals surface area contributed by atoms with Crippen LogP contribution in [-0.2, 0) is 0 Å². The third-order valence-electron chi connectivity index (χ3n) is 10.8. The maximum absolute atomic E-state index is 6.92. The first kappa shape index (κ1) is 29.6. The number of para-hydroxylation sites is 3. The van der Waals surface area contributed by atoms with Crippen molar-refractivity contribution in [1.29, 1.82) is 0 Å². The molecule has 0 aliphatic carbocycles. The molecule has 0 fully saturated rings. The fraction of sp³-hybridized carbons (Fsp3) is 0.0213. The van der Waals surface area contributed by atoms with Gasteiger partial charge in [0.25, 0.3) is 6.71 Å². The van der Waals surface area contributed by atoms with Crippen LogP contribution in [0.25, 0.3) is 21.9 Å². The summed E-state index contributed by atoms with van der Waals surface area (Å²) in [5, 5.41) is 2.51. The molecule has 0 N–H and O–H groups in total. The maximum Gasteiger partial charge on any atom is 0.256 e. The summed E-state index contributed by atoms with van der Waals surface area (Å²) < 4.78 is 6.92. The summed E-state index contributed by atoms with van der Waals surface area (Å²) in [7, 11) is 0. The average molecular weight is 683 g/mol. The lowest BCUT2D eigenvalue weighted by atomic mass is 9.34. The molecule has 8 aromatic rings. The Bertz CT molecular complexity index is 2710. The molecule has 0 bridgehead atoms. The molecule has 0 radical (unpaired) electrons. The normalized spacial score (nSPS) is 13.1. The summed E-state index contributed by atoms with van der Waals surface area (Å²) in [5.41, 5.74) is 14.4. The van der Waals surface area contributed by atoms with Crippen LogP contribution in [0.5, 0.6) is 11.5 Å². The standard InChI is InChI=1S/C47H31BN2OS/c1-30-22-24-33(25-23-30)49(31-12-4-2-5-13-31)39-27-26-34-36-28-43-38(29-45(36)52-44-21-10-16-35(39)46(34)44)48-37-17-8-9-18-40(37)50(32-14-6-3-7-15-32)41-19-11-20-42(51-43)47(41)48/h2-29H,1H3. The molecule has 11 rings (SSSR count). The summed E-state index contributed by atoms with van der Waals surface area (Å²) in [5.74, 6) is 1.85. The molecular weight excluding hydrogens is 651 g/mol. The lowest BCUT2D eigenvalue weighted by Gasteiger charge is -2.40. The van der Waals surface area contributed by atoms with Gasteiger partial charge in [0, 0.05) is 49.0 Å². The van der Waals surface area contributed by atoms with Crippen LogP contribution in [0, 0.1) is 6.92 Å². The fourth-order valence-corrected chi connectivity index (χ4v) is 9.66. The van der Waals surface area contributed by atoms with Crippen LogP contribution in [0.15, 0.2) is 180 Å². The number of anilines is 6. The summed E-state index contributed by atoms with van der Waals surface area (Å²) in [6.45, 7) is 2.20. The maximum atomic E-state index is 6.92. The van der Waals surface area contributed by atoms with Gasteiger partial charge in [0.2, 0.25) is 0 Å². The summed E-state index contributed by atoms with van der Waals surface area (Å²) in [4.78, 5) is 7.30. The van der Waals surface area contributed by atoms with Crippen molar-refractivity contribution < 1.29 is 4.74 Å². The van der Waals surface area contributed by atoms with Gasteiger partial charge in [0.15, 0.2) is 0 Å². The van der Waals surface area contributed by atoms with Crippen molar-refractivity contribution >= 4 is 79.8 Å². The number of benzene rings is 8. The molecule has 0 saturated heterocycles. The molecule has 52 heavy (non-hydrogen) atoms. The Balaban J connectivity index is 1.09. The van der Waals surface area contributed by atoms with Crippen molar-refractivity contribution in [3.05, 3.63) is 175 Å². The molecule has 3 aliphatic heterocycles. The average Bonchev–Trinajstić information content (AvgIpc) is 3.19. The van der Waals surface area contributed by atoms with Gasteiger partial charge in [-0.15, -0.1) is 0 Å². The quantitative estimate of drug-likeness (QED) is 0.172. The Morgan fingerprint density at radius 1 is 0.558 bits per heavy atom. The van der Waals surface area contributed by atoms with Crippen molar-refractivity contribution in [2.75, 3.05) is 9.80 Å². The first-order valence-corrected chi connectivity index (χ1v) is 18.6. The smallest absolute Gasteiger partial charge is 0.256 e. The molecule has 5 heteroatoms. The lowest BCUT2D eigenvalue weighted by molar-refractivity contribution is 0.487. The summed E-state index contributed by atoms with van der Waals surface area (Å²) in [6, 6.07) is 61.6. The third-order valence-corrected chi connectivity index (χ3v) is 11.9. The monoisotopic (exact) mass is 682 g/mol. The van der Waals surface area contributed by atoms with Gasteiger partial charge in [-0.1, -0.05) is 108 Å². The van der Waals surface area contributed by atoms with Gasteiger partial charge >= 0.3 is 0 Å². The van der Waals surface area contributed by atoms with E-state index in [0.717, 1.165) is 34.2 Å². The van der Waals surface area contributed by atoms with E-state index in [1.807, 2.05) is 11.8 Å². The largest absolute Gasteiger partial charge is 0.458 e. The minimum atomic E-state index is 0.0607. The predicted octanol–water partition coefficient (Wildman–Crippen LogP) is 11.2. The van der Waals surface area contributed by atoms with E-state index in [1.165, 1.54) is 65.0 Å². The lowest BCUT2D eigenvalue weighted by Crippen LogP contribution is -2.59. The number of hydrogen-bond acceptors (Lipinski definition) is 4. The van der Waals surface area contributed by atoms with Crippen molar-refractivity contribution in [2.24, 2.45) is 0 Å². The molecular formula is C47H31BN2OS. The molecule has 3 aliphatic rings. The highest BCUT2D eigenvalue weighted by molar-refractivity contribution is 7.99. The number of hydrogen-bond donors (Lipinski definition) is 0. The second-order valence-corrected chi connectivity index (χ2v) is 14.8. The van der Waals surface area contributed by atoms with E-state index < -0.39 is 0 Å². The van der Waals surface area contributed by atoms with E-state index >= 15 is 0 Å². The number of rotatable bonds is 4. The molecule has 0 saturated carbocycles. The molecule has 0 amide bonds.